The van der Waals surface area contributed by atoms with Gasteiger partial charge in [-0.15, -0.1) is 0 Å². The van der Waals surface area contributed by atoms with Crippen molar-refractivity contribution in [3.63, 3.8) is 0 Å². The number of aromatic nitrogens is 2. The molecule has 0 aliphatic carbocycles. The fraction of sp³-hybridized carbons (Fsp3) is 0. The molecule has 0 amide bonds. The van der Waals surface area contributed by atoms with E-state index in [0.717, 1.165) is 6.20 Å². The van der Waals surface area contributed by atoms with E-state index in [2.05, 4.69) is 9.97 Å². The van der Waals surface area contributed by atoms with E-state index in [1.165, 1.54) is 0 Å². The zero-order chi connectivity index (χ0) is 7.56. The SMILES string of the molecule is O=[N+]([O-])c1cnc(F)cn1. The largest absolute Gasteiger partial charge is 0.382 e. The summed E-state index contributed by atoms with van der Waals surface area (Å²) in [6.45, 7) is 0. The van der Waals surface area contributed by atoms with Crippen LogP contribution in [-0.2, 0) is 0 Å². The molecule has 10 heavy (non-hydrogen) atoms. The topological polar surface area (TPSA) is 68.9 Å². The predicted octanol–water partition coefficient (Wildman–Crippen LogP) is 0.524. The van der Waals surface area contributed by atoms with Crippen LogP contribution in [0.4, 0.5) is 10.2 Å². The molecule has 0 atom stereocenters. The number of halogens is 1. The Hall–Kier alpha value is -1.59. The molecular formula is C4H2FN3O2. The molecule has 0 bridgehead atoms. The highest BCUT2D eigenvalue weighted by Crippen LogP contribution is 2.01. The Kier molecular flexibility index (Phi) is 1.53. The zero-order valence-electron chi connectivity index (χ0n) is 4.69. The van der Waals surface area contributed by atoms with Crippen molar-refractivity contribution >= 4 is 5.82 Å². The van der Waals surface area contributed by atoms with E-state index in [-0.39, 0.29) is 0 Å². The molecule has 1 rings (SSSR count). The third kappa shape index (κ3) is 1.22. The summed E-state index contributed by atoms with van der Waals surface area (Å²) >= 11 is 0. The Balaban J connectivity index is 3.00. The summed E-state index contributed by atoms with van der Waals surface area (Å²) in [5.74, 6) is -1.29. The van der Waals surface area contributed by atoms with Gasteiger partial charge in [-0.2, -0.15) is 4.39 Å². The third-order valence-corrected chi connectivity index (χ3v) is 0.794. The molecule has 5 nitrogen and oxygen atoms in total. The first-order chi connectivity index (χ1) is 4.70. The minimum Gasteiger partial charge on any atom is -0.358 e. The van der Waals surface area contributed by atoms with Gasteiger partial charge in [0.2, 0.25) is 0 Å². The van der Waals surface area contributed by atoms with Crippen molar-refractivity contribution in [2.24, 2.45) is 0 Å². The van der Waals surface area contributed by atoms with Crippen LogP contribution < -0.4 is 0 Å². The Labute approximate surface area is 54.7 Å². The highest BCUT2D eigenvalue weighted by molar-refractivity contribution is 5.10. The summed E-state index contributed by atoms with van der Waals surface area (Å²) < 4.78 is 12.0. The van der Waals surface area contributed by atoms with E-state index in [0.29, 0.717) is 6.20 Å². The fourth-order valence-electron chi connectivity index (χ4n) is 0.400. The van der Waals surface area contributed by atoms with Crippen LogP contribution >= 0.6 is 0 Å². The quantitative estimate of drug-likeness (QED) is 0.424. The highest BCUT2D eigenvalue weighted by Gasteiger charge is 2.05. The van der Waals surface area contributed by atoms with Crippen LogP contribution in [0.2, 0.25) is 0 Å². The minimum absolute atomic E-state index is 0.457. The van der Waals surface area contributed by atoms with E-state index in [4.69, 9.17) is 0 Å². The minimum atomic E-state index is -0.828. The first kappa shape index (κ1) is 6.53. The summed E-state index contributed by atoms with van der Waals surface area (Å²) in [6, 6.07) is 0. The Morgan fingerprint density at radius 1 is 1.50 bits per heavy atom. The maximum atomic E-state index is 12.0. The van der Waals surface area contributed by atoms with Crippen molar-refractivity contribution in [2.75, 3.05) is 0 Å². The van der Waals surface area contributed by atoms with Gasteiger partial charge < -0.3 is 10.1 Å². The second-order valence-corrected chi connectivity index (χ2v) is 1.45. The van der Waals surface area contributed by atoms with Crippen molar-refractivity contribution in [2.45, 2.75) is 0 Å². The van der Waals surface area contributed by atoms with Crippen LogP contribution in [0.15, 0.2) is 12.4 Å². The van der Waals surface area contributed by atoms with Gasteiger partial charge in [0.15, 0.2) is 6.20 Å². The van der Waals surface area contributed by atoms with Gasteiger partial charge in [-0.25, -0.2) is 4.98 Å². The average Bonchev–Trinajstić information content (AvgIpc) is 1.88. The maximum absolute atomic E-state index is 12.0. The molecule has 1 aromatic rings. The average molecular weight is 143 g/mol. The summed E-state index contributed by atoms with van der Waals surface area (Å²) in [5, 5.41) is 9.89. The number of nitrogens with zero attached hydrogens (tertiary/aromatic N) is 3. The molecule has 0 aromatic carbocycles. The molecule has 0 radical (unpaired) electrons. The summed E-state index contributed by atoms with van der Waals surface area (Å²) in [7, 11) is 0. The number of nitro groups is 1. The predicted molar refractivity (Wildman–Crippen MR) is 28.6 cm³/mol. The molecular weight excluding hydrogens is 141 g/mol. The number of rotatable bonds is 1. The van der Waals surface area contributed by atoms with Crippen LogP contribution in [-0.4, -0.2) is 14.9 Å². The van der Waals surface area contributed by atoms with Gasteiger partial charge in [-0.3, -0.25) is 0 Å². The smallest absolute Gasteiger partial charge is 0.358 e. The monoisotopic (exact) mass is 143 g/mol. The fourth-order valence-corrected chi connectivity index (χ4v) is 0.400. The van der Waals surface area contributed by atoms with Gasteiger partial charge in [0, 0.05) is 0 Å². The van der Waals surface area contributed by atoms with Crippen molar-refractivity contribution in [1.29, 1.82) is 0 Å². The van der Waals surface area contributed by atoms with Gasteiger partial charge in [-0.05, 0) is 9.91 Å². The van der Waals surface area contributed by atoms with E-state index in [1.807, 2.05) is 0 Å². The van der Waals surface area contributed by atoms with Gasteiger partial charge in [0.1, 0.15) is 6.20 Å². The first-order valence-electron chi connectivity index (χ1n) is 2.32. The molecule has 0 aliphatic heterocycles. The van der Waals surface area contributed by atoms with Gasteiger partial charge in [0.25, 0.3) is 5.95 Å². The summed E-state index contributed by atoms with van der Waals surface area (Å²) in [4.78, 5) is 15.3. The van der Waals surface area contributed by atoms with Crippen molar-refractivity contribution < 1.29 is 9.31 Å². The van der Waals surface area contributed by atoms with Crippen LogP contribution in [0.1, 0.15) is 0 Å². The van der Waals surface area contributed by atoms with Gasteiger partial charge in [0.05, 0.1) is 0 Å². The second kappa shape index (κ2) is 2.34. The lowest BCUT2D eigenvalue weighted by Gasteiger charge is -1.87. The first-order valence-corrected chi connectivity index (χ1v) is 2.32. The van der Waals surface area contributed by atoms with Crippen LogP contribution in [0.3, 0.4) is 0 Å². The van der Waals surface area contributed by atoms with E-state index < -0.39 is 16.7 Å². The van der Waals surface area contributed by atoms with E-state index in [1.54, 1.807) is 0 Å². The molecule has 0 unspecified atom stereocenters. The standard InChI is InChI=1S/C4H2FN3O2/c5-3-1-7-4(2-6-3)8(9)10/h1-2H. The summed E-state index contributed by atoms with van der Waals surface area (Å²) in [6.07, 6.45) is 1.45. The van der Waals surface area contributed by atoms with E-state index >= 15 is 0 Å². The van der Waals surface area contributed by atoms with Crippen molar-refractivity contribution in [3.8, 4) is 0 Å². The molecule has 0 saturated heterocycles. The Bertz CT molecular complexity index is 247. The molecule has 6 heteroatoms. The second-order valence-electron chi connectivity index (χ2n) is 1.45. The zero-order valence-corrected chi connectivity index (χ0v) is 4.69. The highest BCUT2D eigenvalue weighted by atomic mass is 19.1. The van der Waals surface area contributed by atoms with Crippen LogP contribution in [0.25, 0.3) is 0 Å². The number of hydrogen-bond acceptors (Lipinski definition) is 4. The number of hydrogen-bond donors (Lipinski definition) is 0. The molecule has 1 aromatic heterocycles. The lowest BCUT2D eigenvalue weighted by atomic mass is 10.7. The molecule has 0 aliphatic rings. The van der Waals surface area contributed by atoms with Gasteiger partial charge >= 0.3 is 5.82 Å². The molecule has 0 spiro atoms. The molecule has 52 valence electrons. The normalized spacial score (nSPS) is 9.30. The third-order valence-electron chi connectivity index (χ3n) is 0.794. The van der Waals surface area contributed by atoms with E-state index in [9.17, 15) is 14.5 Å². The maximum Gasteiger partial charge on any atom is 0.382 e. The lowest BCUT2D eigenvalue weighted by molar-refractivity contribution is -0.390. The Morgan fingerprint density at radius 3 is 2.60 bits per heavy atom. The summed E-state index contributed by atoms with van der Waals surface area (Å²) in [5.41, 5.74) is 0. The molecule has 0 N–H and O–H groups in total. The van der Waals surface area contributed by atoms with Crippen LogP contribution in [0, 0.1) is 16.1 Å². The van der Waals surface area contributed by atoms with Crippen molar-refractivity contribution in [3.05, 3.63) is 28.5 Å². The lowest BCUT2D eigenvalue weighted by Crippen LogP contribution is -1.93. The van der Waals surface area contributed by atoms with Crippen molar-refractivity contribution in [1.82, 2.24) is 9.97 Å². The van der Waals surface area contributed by atoms with Gasteiger partial charge in [-0.1, -0.05) is 0 Å². The molecule has 0 fully saturated rings. The molecule has 1 heterocycles. The Morgan fingerprint density at radius 2 is 2.20 bits per heavy atom. The molecule has 0 saturated carbocycles. The van der Waals surface area contributed by atoms with Crippen LogP contribution in [0.5, 0.6) is 0 Å².